The van der Waals surface area contributed by atoms with Crippen molar-refractivity contribution in [2.75, 3.05) is 26.7 Å². The average Bonchev–Trinajstić information content (AvgIpc) is 2.46. The first-order valence-corrected chi connectivity index (χ1v) is 7.11. The molecule has 1 aliphatic heterocycles. The Morgan fingerprint density at radius 1 is 1.42 bits per heavy atom. The van der Waals surface area contributed by atoms with Gasteiger partial charge >= 0.3 is 0 Å². The quantitative estimate of drug-likeness (QED) is 0.744. The van der Waals surface area contributed by atoms with E-state index in [-0.39, 0.29) is 23.3 Å². The number of carbonyl (C=O) groups excluding carboxylic acids is 2. The van der Waals surface area contributed by atoms with E-state index in [2.05, 4.69) is 6.92 Å². The summed E-state index contributed by atoms with van der Waals surface area (Å²) >= 11 is 5.10. The number of nitrogens with two attached hydrogens (primary N) is 1. The van der Waals surface area contributed by atoms with Crippen LogP contribution in [0.3, 0.4) is 0 Å². The van der Waals surface area contributed by atoms with Gasteiger partial charge in [0.05, 0.1) is 16.9 Å². The number of hydrogen-bond acceptors (Lipinski definition) is 3. The van der Waals surface area contributed by atoms with Crippen LogP contribution in [0.25, 0.3) is 0 Å². The molecule has 0 aromatic rings. The fourth-order valence-corrected chi connectivity index (χ4v) is 3.33. The van der Waals surface area contributed by atoms with Crippen LogP contribution in [-0.2, 0) is 9.59 Å². The molecule has 2 amide bonds. The van der Waals surface area contributed by atoms with Gasteiger partial charge in [-0.1, -0.05) is 19.1 Å². The van der Waals surface area contributed by atoms with Gasteiger partial charge in [0.2, 0.25) is 11.8 Å². The highest BCUT2D eigenvalue weighted by Crippen LogP contribution is 2.47. The van der Waals surface area contributed by atoms with E-state index in [1.807, 2.05) is 0 Å². The molecule has 0 unspecified atom stereocenters. The first-order chi connectivity index (χ1) is 8.86. The van der Waals surface area contributed by atoms with Crippen molar-refractivity contribution < 1.29 is 9.59 Å². The topological polar surface area (TPSA) is 66.6 Å². The van der Waals surface area contributed by atoms with Crippen molar-refractivity contribution in [1.82, 2.24) is 9.80 Å². The maximum atomic E-state index is 12.7. The number of amides is 2. The van der Waals surface area contributed by atoms with Crippen molar-refractivity contribution >= 4 is 29.0 Å². The maximum absolute atomic E-state index is 12.7. The van der Waals surface area contributed by atoms with Crippen molar-refractivity contribution in [2.24, 2.45) is 17.1 Å². The predicted octanol–water partition coefficient (Wildman–Crippen LogP) is 0.380. The van der Waals surface area contributed by atoms with E-state index < -0.39 is 5.41 Å². The van der Waals surface area contributed by atoms with Gasteiger partial charge in [-0.25, -0.2) is 0 Å². The van der Waals surface area contributed by atoms with E-state index in [1.54, 1.807) is 16.8 Å². The summed E-state index contributed by atoms with van der Waals surface area (Å²) in [6.45, 7) is 3.53. The molecule has 0 aromatic carbocycles. The van der Waals surface area contributed by atoms with Crippen LogP contribution < -0.4 is 5.73 Å². The zero-order valence-electron chi connectivity index (χ0n) is 11.5. The zero-order valence-corrected chi connectivity index (χ0v) is 12.3. The number of nitrogens with zero attached hydrogens (tertiary/aromatic N) is 2. The van der Waals surface area contributed by atoms with E-state index in [0.717, 1.165) is 6.42 Å². The molecule has 0 atom stereocenters. The van der Waals surface area contributed by atoms with Crippen LogP contribution in [0.1, 0.15) is 26.2 Å². The molecule has 1 saturated carbocycles. The Kier molecular flexibility index (Phi) is 3.80. The van der Waals surface area contributed by atoms with Crippen LogP contribution in [0.5, 0.6) is 0 Å². The Balaban J connectivity index is 2.14. The van der Waals surface area contributed by atoms with Crippen molar-refractivity contribution in [3.63, 3.8) is 0 Å². The summed E-state index contributed by atoms with van der Waals surface area (Å²) in [7, 11) is 1.77. The zero-order chi connectivity index (χ0) is 14.2. The minimum atomic E-state index is -0.696. The summed E-state index contributed by atoms with van der Waals surface area (Å²) < 4.78 is 0. The lowest BCUT2D eigenvalue weighted by Gasteiger charge is -2.46. The number of carbonyl (C=O) groups is 2. The predicted molar refractivity (Wildman–Crippen MR) is 76.5 cm³/mol. The van der Waals surface area contributed by atoms with Crippen molar-refractivity contribution in [3.8, 4) is 0 Å². The number of thiocarbonyl (C=S) groups is 1. The summed E-state index contributed by atoms with van der Waals surface area (Å²) in [5.41, 5.74) is 5.10. The largest absolute Gasteiger partial charge is 0.392 e. The van der Waals surface area contributed by atoms with E-state index in [9.17, 15) is 9.59 Å². The Hall–Kier alpha value is -1.17. The highest BCUT2D eigenvalue weighted by atomic mass is 32.1. The van der Waals surface area contributed by atoms with Crippen molar-refractivity contribution in [3.05, 3.63) is 0 Å². The lowest BCUT2D eigenvalue weighted by molar-refractivity contribution is -0.147. The second kappa shape index (κ2) is 5.07. The first kappa shape index (κ1) is 14.2. The molecular weight excluding hydrogens is 262 g/mol. The van der Waals surface area contributed by atoms with Gasteiger partial charge in [0, 0.05) is 20.1 Å². The van der Waals surface area contributed by atoms with Gasteiger partial charge < -0.3 is 15.5 Å². The Labute approximate surface area is 119 Å². The highest BCUT2D eigenvalue weighted by molar-refractivity contribution is 7.80. The molecular formula is C13H21N3O2S. The molecule has 5 nitrogen and oxygen atoms in total. The average molecular weight is 283 g/mol. The molecule has 2 fully saturated rings. The van der Waals surface area contributed by atoms with E-state index >= 15 is 0 Å². The summed E-state index contributed by atoms with van der Waals surface area (Å²) in [5, 5.41) is 0. The number of likely N-dealkylation sites (N-methyl/N-ethyl adjacent to an activating group) is 1. The fraction of sp³-hybridized carbons (Fsp3) is 0.769. The minimum Gasteiger partial charge on any atom is -0.392 e. The van der Waals surface area contributed by atoms with Gasteiger partial charge in [0.25, 0.3) is 0 Å². The second-order valence-corrected chi connectivity index (χ2v) is 6.30. The van der Waals surface area contributed by atoms with Crippen LogP contribution >= 0.6 is 12.2 Å². The normalized spacial score (nSPS) is 31.7. The highest BCUT2D eigenvalue weighted by Gasteiger charge is 2.52. The lowest BCUT2D eigenvalue weighted by atomic mass is 9.61. The van der Waals surface area contributed by atoms with Crippen LogP contribution in [0.2, 0.25) is 0 Å². The van der Waals surface area contributed by atoms with E-state index in [0.29, 0.717) is 31.8 Å². The number of hydrogen-bond donors (Lipinski definition) is 1. The molecule has 2 N–H and O–H groups in total. The van der Waals surface area contributed by atoms with Crippen LogP contribution in [0.4, 0.5) is 0 Å². The Bertz CT molecular complexity index is 418. The summed E-state index contributed by atoms with van der Waals surface area (Å²) in [6, 6.07) is 0. The Morgan fingerprint density at radius 2 is 2.05 bits per heavy atom. The Morgan fingerprint density at radius 3 is 2.58 bits per heavy atom. The third-order valence-corrected chi connectivity index (χ3v) is 4.63. The molecule has 0 spiro atoms. The van der Waals surface area contributed by atoms with Gasteiger partial charge in [-0.2, -0.15) is 0 Å². The first-order valence-electron chi connectivity index (χ1n) is 6.70. The smallest absolute Gasteiger partial charge is 0.241 e. The SMILES string of the molecule is CC1CC(C(=O)N2CCCN(C)C(=O)C2)(C(N)=S)C1. The standard InChI is InChI=1S/C13H21N3O2S/c1-9-6-13(7-9,11(14)19)12(18)16-5-3-4-15(2)10(17)8-16/h9H,3-8H2,1-2H3,(H2,14,19). The van der Waals surface area contributed by atoms with Crippen molar-refractivity contribution in [1.29, 1.82) is 0 Å². The fourth-order valence-electron chi connectivity index (χ4n) is 3.07. The molecule has 1 saturated heterocycles. The molecule has 2 rings (SSSR count). The second-order valence-electron chi connectivity index (χ2n) is 5.86. The third-order valence-electron chi connectivity index (χ3n) is 4.24. The number of rotatable bonds is 2. The lowest BCUT2D eigenvalue weighted by Crippen LogP contribution is -2.57. The van der Waals surface area contributed by atoms with E-state index in [1.165, 1.54) is 0 Å². The van der Waals surface area contributed by atoms with Crippen LogP contribution in [0, 0.1) is 11.3 Å². The molecule has 106 valence electrons. The molecule has 0 aromatic heterocycles. The van der Waals surface area contributed by atoms with Crippen LogP contribution in [-0.4, -0.2) is 53.3 Å². The van der Waals surface area contributed by atoms with Gasteiger partial charge in [-0.05, 0) is 25.2 Å². The van der Waals surface area contributed by atoms with Gasteiger partial charge in [-0.3, -0.25) is 9.59 Å². The van der Waals surface area contributed by atoms with Crippen molar-refractivity contribution in [2.45, 2.75) is 26.2 Å². The van der Waals surface area contributed by atoms with E-state index in [4.69, 9.17) is 18.0 Å². The molecule has 0 bridgehead atoms. The molecule has 0 radical (unpaired) electrons. The van der Waals surface area contributed by atoms with Gasteiger partial charge in [0.15, 0.2) is 0 Å². The maximum Gasteiger partial charge on any atom is 0.241 e. The molecule has 2 aliphatic rings. The molecule has 1 aliphatic carbocycles. The van der Waals surface area contributed by atoms with Gasteiger partial charge in [0.1, 0.15) is 0 Å². The molecule has 6 heteroatoms. The minimum absolute atomic E-state index is 0.0173. The summed E-state index contributed by atoms with van der Waals surface area (Å²) in [4.78, 5) is 28.1. The summed E-state index contributed by atoms with van der Waals surface area (Å²) in [5.74, 6) is 0.397. The van der Waals surface area contributed by atoms with Gasteiger partial charge in [-0.15, -0.1) is 0 Å². The third kappa shape index (κ3) is 2.45. The van der Waals surface area contributed by atoms with Crippen LogP contribution in [0.15, 0.2) is 0 Å². The summed E-state index contributed by atoms with van der Waals surface area (Å²) in [6.07, 6.45) is 2.22. The molecule has 1 heterocycles. The monoisotopic (exact) mass is 283 g/mol. The molecule has 19 heavy (non-hydrogen) atoms.